The minimum atomic E-state index is -3.83. The summed E-state index contributed by atoms with van der Waals surface area (Å²) in [4.78, 5) is 14.5. The van der Waals surface area contributed by atoms with Gasteiger partial charge in [-0.25, -0.2) is 9.97 Å². The van der Waals surface area contributed by atoms with Gasteiger partial charge in [-0.05, 0) is 49.0 Å². The van der Waals surface area contributed by atoms with Gasteiger partial charge >= 0.3 is 0 Å². The van der Waals surface area contributed by atoms with Crippen LogP contribution >= 0.6 is 0 Å². The molecule has 6 rings (SSSR count). The molecular weight excluding hydrogens is 520 g/mol. The molecule has 0 fully saturated rings. The van der Waals surface area contributed by atoms with Crippen LogP contribution < -0.4 is 4.31 Å². The van der Waals surface area contributed by atoms with Gasteiger partial charge in [-0.1, -0.05) is 54.6 Å². The lowest BCUT2D eigenvalue weighted by Crippen LogP contribution is -2.26. The van der Waals surface area contributed by atoms with Gasteiger partial charge in [-0.15, -0.1) is 0 Å². The van der Waals surface area contributed by atoms with Crippen LogP contribution in [0.15, 0.2) is 96.5 Å². The van der Waals surface area contributed by atoms with Crippen molar-refractivity contribution in [3.8, 4) is 22.3 Å². The number of aromatic amines is 1. The number of sulfonamides is 1. The first-order chi connectivity index (χ1) is 19.2. The summed E-state index contributed by atoms with van der Waals surface area (Å²) in [7, 11) is 3.59. The molecule has 3 heterocycles. The van der Waals surface area contributed by atoms with E-state index in [1.165, 1.54) is 22.4 Å². The normalized spacial score (nSPS) is 12.0. The largest absolute Gasteiger partial charge is 0.339 e. The van der Waals surface area contributed by atoms with Crippen molar-refractivity contribution in [1.82, 2.24) is 24.4 Å². The average Bonchev–Trinajstić information content (AvgIpc) is 3.56. The summed E-state index contributed by atoms with van der Waals surface area (Å²) in [5.41, 5.74) is 7.58. The Morgan fingerprint density at radius 2 is 1.65 bits per heavy atom. The Bertz CT molecular complexity index is 1940. The molecule has 6 aromatic rings. The maximum atomic E-state index is 13.3. The maximum Gasteiger partial charge on any atom is 0.283 e. The van der Waals surface area contributed by atoms with E-state index in [9.17, 15) is 8.42 Å². The monoisotopic (exact) mass is 550 g/mol. The van der Waals surface area contributed by atoms with E-state index < -0.39 is 10.0 Å². The van der Waals surface area contributed by atoms with Crippen molar-refractivity contribution in [3.05, 3.63) is 97.1 Å². The van der Waals surface area contributed by atoms with Crippen LogP contribution in [-0.2, 0) is 23.6 Å². The molecule has 0 spiro atoms. The molecule has 0 aliphatic heterocycles. The Kier molecular flexibility index (Phi) is 6.40. The molecule has 0 amide bonds. The minimum Gasteiger partial charge on any atom is -0.339 e. The summed E-state index contributed by atoms with van der Waals surface area (Å²) in [6, 6.07) is 24.4. The van der Waals surface area contributed by atoms with Gasteiger partial charge in [0, 0.05) is 60.4 Å². The number of benzene rings is 3. The van der Waals surface area contributed by atoms with Gasteiger partial charge in [0.05, 0.1) is 12.0 Å². The molecule has 3 aromatic heterocycles. The van der Waals surface area contributed by atoms with E-state index in [4.69, 9.17) is 4.98 Å². The van der Waals surface area contributed by atoms with Gasteiger partial charge in [0.1, 0.15) is 5.65 Å². The van der Waals surface area contributed by atoms with Gasteiger partial charge < -0.3 is 14.5 Å². The van der Waals surface area contributed by atoms with E-state index in [0.29, 0.717) is 5.69 Å². The molecule has 202 valence electrons. The van der Waals surface area contributed by atoms with Crippen LogP contribution in [0.1, 0.15) is 5.56 Å². The number of fused-ring (bicyclic) bond motifs is 3. The van der Waals surface area contributed by atoms with Gasteiger partial charge in [-0.3, -0.25) is 4.31 Å². The molecule has 9 heteroatoms. The number of nitrogens with zero attached hydrogens (tertiary/aromatic N) is 5. The van der Waals surface area contributed by atoms with Crippen molar-refractivity contribution in [2.45, 2.75) is 11.6 Å². The predicted molar refractivity (Wildman–Crippen MR) is 161 cm³/mol. The highest BCUT2D eigenvalue weighted by Gasteiger charge is 2.25. The van der Waals surface area contributed by atoms with Gasteiger partial charge in [0.25, 0.3) is 10.0 Å². The van der Waals surface area contributed by atoms with E-state index in [0.717, 1.165) is 50.7 Å². The van der Waals surface area contributed by atoms with Crippen LogP contribution in [0.2, 0.25) is 0 Å². The number of anilines is 1. The number of nitrogens with one attached hydrogen (secondary N) is 1. The predicted octanol–water partition coefficient (Wildman–Crippen LogP) is 5.67. The molecule has 0 bridgehead atoms. The zero-order valence-electron chi connectivity index (χ0n) is 22.8. The lowest BCUT2D eigenvalue weighted by molar-refractivity contribution is 0.402. The summed E-state index contributed by atoms with van der Waals surface area (Å²) in [6.07, 6.45) is 4.90. The quantitative estimate of drug-likeness (QED) is 0.277. The molecule has 8 nitrogen and oxygen atoms in total. The fraction of sp³-hybridized carbons (Fsp3) is 0.161. The molecule has 0 aliphatic carbocycles. The van der Waals surface area contributed by atoms with Crippen molar-refractivity contribution in [1.29, 1.82) is 0 Å². The molecule has 0 atom stereocenters. The Morgan fingerprint density at radius 1 is 0.900 bits per heavy atom. The number of hydrogen-bond donors (Lipinski definition) is 1. The smallest absolute Gasteiger partial charge is 0.283 e. The fourth-order valence-corrected chi connectivity index (χ4v) is 6.27. The van der Waals surface area contributed by atoms with Crippen LogP contribution in [0.5, 0.6) is 0 Å². The van der Waals surface area contributed by atoms with E-state index in [2.05, 4.69) is 65.4 Å². The first-order valence-electron chi connectivity index (χ1n) is 12.9. The Hall–Kier alpha value is -4.47. The fourth-order valence-electron chi connectivity index (χ4n) is 5.12. The molecule has 0 radical (unpaired) electrons. The first-order valence-corrected chi connectivity index (χ1v) is 14.4. The van der Waals surface area contributed by atoms with Crippen LogP contribution in [0.4, 0.5) is 5.69 Å². The van der Waals surface area contributed by atoms with Crippen LogP contribution in [0.25, 0.3) is 44.2 Å². The van der Waals surface area contributed by atoms with Crippen molar-refractivity contribution in [3.63, 3.8) is 0 Å². The topological polar surface area (TPSA) is 87.1 Å². The van der Waals surface area contributed by atoms with Crippen LogP contribution in [0.3, 0.4) is 0 Å². The zero-order valence-corrected chi connectivity index (χ0v) is 23.6. The maximum absolute atomic E-state index is 13.3. The van der Waals surface area contributed by atoms with Gasteiger partial charge in [0.15, 0.2) is 5.03 Å². The summed E-state index contributed by atoms with van der Waals surface area (Å²) < 4.78 is 29.6. The second kappa shape index (κ2) is 9.93. The molecule has 0 saturated heterocycles. The molecule has 0 aliphatic rings. The standard InChI is InChI=1S/C31H30N6O2S/c1-35(2)18-21-10-12-22(13-11-21)26-17-32-31-30(29(26)23-8-6-5-7-9-23)25-16-24(14-15-27(25)34-31)37(4)40(38,39)28-19-36(3)20-33-28/h5-17,19-20H,18H2,1-4H3,(H,32,34). The summed E-state index contributed by atoms with van der Waals surface area (Å²) in [5, 5.41) is 1.85. The lowest BCUT2D eigenvalue weighted by Gasteiger charge is -2.18. The van der Waals surface area contributed by atoms with Crippen LogP contribution in [0, 0.1) is 0 Å². The van der Waals surface area contributed by atoms with E-state index >= 15 is 0 Å². The highest BCUT2D eigenvalue weighted by Crippen LogP contribution is 2.41. The average molecular weight is 551 g/mol. The van der Waals surface area contributed by atoms with Crippen molar-refractivity contribution in [2.75, 3.05) is 25.4 Å². The van der Waals surface area contributed by atoms with Gasteiger partial charge in [-0.2, -0.15) is 8.42 Å². The first kappa shape index (κ1) is 25.8. The third kappa shape index (κ3) is 4.53. The summed E-state index contributed by atoms with van der Waals surface area (Å²) in [6.45, 7) is 0.864. The number of aromatic nitrogens is 4. The van der Waals surface area contributed by atoms with Crippen molar-refractivity contribution < 1.29 is 8.42 Å². The molecule has 0 unspecified atom stereocenters. The van der Waals surface area contributed by atoms with E-state index in [1.54, 1.807) is 24.7 Å². The summed E-state index contributed by atoms with van der Waals surface area (Å²) in [5.74, 6) is 0. The third-order valence-corrected chi connectivity index (χ3v) is 8.77. The molecule has 0 saturated carbocycles. The number of pyridine rings is 1. The molecular formula is C31H30N6O2S. The SMILES string of the molecule is CN(C)Cc1ccc(-c2cnc3[nH]c4ccc(N(C)S(=O)(=O)c5cn(C)cn5)cc4c3c2-c2ccccc2)cc1. The third-order valence-electron chi connectivity index (χ3n) is 7.10. The molecule has 3 aromatic carbocycles. The van der Waals surface area contributed by atoms with E-state index in [1.807, 2.05) is 36.5 Å². The lowest BCUT2D eigenvalue weighted by atomic mass is 9.92. The Balaban J connectivity index is 1.56. The van der Waals surface area contributed by atoms with Crippen LogP contribution in [-0.4, -0.2) is 54.0 Å². The number of hydrogen-bond acceptors (Lipinski definition) is 5. The summed E-state index contributed by atoms with van der Waals surface area (Å²) >= 11 is 0. The Labute approximate surface area is 233 Å². The molecule has 1 N–H and O–H groups in total. The van der Waals surface area contributed by atoms with Crippen molar-refractivity contribution >= 4 is 37.6 Å². The number of aryl methyl sites for hydroxylation is 1. The number of H-pyrrole nitrogens is 1. The number of rotatable bonds is 7. The molecule has 40 heavy (non-hydrogen) atoms. The number of imidazole rings is 1. The highest BCUT2D eigenvalue weighted by molar-refractivity contribution is 7.92. The second-order valence-electron chi connectivity index (χ2n) is 10.3. The van der Waals surface area contributed by atoms with Gasteiger partial charge in [0.2, 0.25) is 0 Å². The second-order valence-corrected chi connectivity index (χ2v) is 12.2. The minimum absolute atomic E-state index is 0.00293. The van der Waals surface area contributed by atoms with E-state index in [-0.39, 0.29) is 5.03 Å². The highest BCUT2D eigenvalue weighted by atomic mass is 32.2. The van der Waals surface area contributed by atoms with Crippen molar-refractivity contribution in [2.24, 2.45) is 7.05 Å². The Morgan fingerprint density at radius 3 is 2.33 bits per heavy atom. The zero-order chi connectivity index (χ0) is 28.0.